The van der Waals surface area contributed by atoms with Gasteiger partial charge in [0.1, 0.15) is 18.7 Å². The van der Waals surface area contributed by atoms with E-state index >= 15 is 0 Å². The zero-order valence-electron chi connectivity index (χ0n) is 81.1. The number of nitrogens with zero attached hydrogens (tertiary/aromatic N) is 5. The highest BCUT2D eigenvalue weighted by molar-refractivity contribution is 8.02. The summed E-state index contributed by atoms with van der Waals surface area (Å²) in [5.41, 5.74) is 4.11. The molecule has 3 aromatic rings. The van der Waals surface area contributed by atoms with Crippen molar-refractivity contribution in [2.45, 2.75) is 288 Å². The number of imide groups is 1. The van der Waals surface area contributed by atoms with Crippen LogP contribution in [-0.2, 0) is 78.0 Å². The molecule has 9 rings (SSSR count). The molecular weight excluding hydrogens is 1740 g/mol. The number of amides is 9. The van der Waals surface area contributed by atoms with Crippen molar-refractivity contribution in [3.05, 3.63) is 88.8 Å². The number of aliphatic imine (C=N–C) groups is 1. The Morgan fingerprint density at radius 2 is 1.11 bits per heavy atom. The van der Waals surface area contributed by atoms with E-state index in [1.165, 1.54) is 145 Å². The number of aliphatic hydroxyl groups is 1. The Balaban J connectivity index is 0.553. The Morgan fingerprint density at radius 1 is 0.567 bits per heavy atom. The van der Waals surface area contributed by atoms with Crippen molar-refractivity contribution in [3.8, 4) is 23.0 Å². The smallest absolute Gasteiger partial charge is 0.416 e. The van der Waals surface area contributed by atoms with E-state index in [4.69, 9.17) is 66.6 Å². The van der Waals surface area contributed by atoms with Crippen LogP contribution in [0.5, 0.6) is 23.0 Å². The number of anilines is 2. The van der Waals surface area contributed by atoms with Gasteiger partial charge in [0.15, 0.2) is 29.2 Å². The maximum Gasteiger partial charge on any atom is 0.416 e. The molecule has 33 heteroatoms. The van der Waals surface area contributed by atoms with E-state index in [1.807, 2.05) is 19.3 Å². The average molecular weight is 1890 g/mol. The van der Waals surface area contributed by atoms with Crippen LogP contribution in [-0.4, -0.2) is 266 Å². The number of hydrogen-bond donors (Lipinski definition) is 5. The Hall–Kier alpha value is -8.77. The van der Waals surface area contributed by atoms with Crippen molar-refractivity contribution >= 4 is 88.4 Å². The molecule has 5 heterocycles. The summed E-state index contributed by atoms with van der Waals surface area (Å²) in [6.07, 6.45) is 33.7. The van der Waals surface area contributed by atoms with Crippen LogP contribution >= 0.6 is 11.8 Å². The number of ether oxygens (including phenoxy) is 13. The van der Waals surface area contributed by atoms with Crippen molar-refractivity contribution in [1.29, 1.82) is 0 Å². The maximum atomic E-state index is 14.3. The minimum Gasteiger partial charge on any atom is -0.493 e. The second-order valence-electron chi connectivity index (χ2n) is 35.9. The lowest BCUT2D eigenvalue weighted by Crippen LogP contribution is -2.53. The lowest BCUT2D eigenvalue weighted by atomic mass is 9.86. The molecule has 3 aromatic carbocycles. The minimum atomic E-state index is -1.53. The zero-order valence-corrected chi connectivity index (χ0v) is 81.9. The number of methoxy groups -OCH3 is 2. The fraction of sp³-hybridized carbons (Fsp3) is 0.683. The van der Waals surface area contributed by atoms with Crippen LogP contribution in [0.25, 0.3) is 0 Å². The van der Waals surface area contributed by atoms with Gasteiger partial charge in [-0.05, 0) is 126 Å². The number of nitrogens with one attached hydrogen (secondary N) is 4. The molecule has 5 N–H and O–H groups in total. The summed E-state index contributed by atoms with van der Waals surface area (Å²) in [5.74, 6) is -0.841. The molecule has 1 saturated carbocycles. The largest absolute Gasteiger partial charge is 0.493 e. The lowest BCUT2D eigenvalue weighted by Gasteiger charge is -2.34. The summed E-state index contributed by atoms with van der Waals surface area (Å²) >= 11 is 1.72. The van der Waals surface area contributed by atoms with Crippen molar-refractivity contribution in [2.75, 3.05) is 156 Å². The molecule has 0 spiro atoms. The van der Waals surface area contributed by atoms with Crippen molar-refractivity contribution in [3.63, 3.8) is 0 Å². The number of rotatable bonds is 59. The molecule has 0 bridgehead atoms. The highest BCUT2D eigenvalue weighted by Gasteiger charge is 2.47. The summed E-state index contributed by atoms with van der Waals surface area (Å²) in [5, 5.41) is 22.7. The number of unbranched alkanes of at least 4 members (excludes halogenated alkanes) is 4. The molecule has 0 aromatic heterocycles. The number of hydrogen-bond acceptors (Lipinski definition) is 25. The van der Waals surface area contributed by atoms with E-state index in [9.17, 15) is 48.3 Å². The summed E-state index contributed by atoms with van der Waals surface area (Å²) in [7, 11) is 2.99. The first kappa shape index (κ1) is 109. The Kier molecular flexibility index (Phi) is 48.8. The minimum absolute atomic E-state index is 0.0143. The monoisotopic (exact) mass is 1890 g/mol. The first-order chi connectivity index (χ1) is 65.1. The zero-order chi connectivity index (χ0) is 95.8. The third-order valence-electron chi connectivity index (χ3n) is 25.4. The maximum absolute atomic E-state index is 14.3. The first-order valence-electron chi connectivity index (χ1n) is 49.4. The predicted octanol–water partition coefficient (Wildman–Crippen LogP) is 15.2. The van der Waals surface area contributed by atoms with Gasteiger partial charge < -0.3 is 97.8 Å². The molecule has 32 nitrogen and oxygen atoms in total. The second kappa shape index (κ2) is 60.1. The van der Waals surface area contributed by atoms with Gasteiger partial charge in [0.25, 0.3) is 11.8 Å². The number of likely N-dealkylation sites (tertiary alicyclic amines) is 1. The van der Waals surface area contributed by atoms with Crippen molar-refractivity contribution in [1.82, 2.24) is 30.7 Å². The van der Waals surface area contributed by atoms with Crippen molar-refractivity contribution < 1.29 is 110 Å². The molecule has 6 aliphatic rings. The van der Waals surface area contributed by atoms with E-state index < -0.39 is 59.3 Å². The standard InChI is InChI=1S/C101H153N9O23S/c1-10-13-25-32-77-62-79-68-103-82-65-87(85(121-8)63-80(82)96(116)108(79)70-77)131-43-28-24-29-44-132-88-66-83-81(64-86(88)122-9)97(117)109-69-73(6)61-84(109)98(118)110(83)100(120)133-71-76-33-35-78(36-34-76)105-94(114)74(7)104-95(115)93(72(4)5)106-91(112)39-45-123-47-49-125-51-53-127-55-57-129-59-60-130-58-56-128-54-52-126-50-48-124-46-41-102-90(111)38-42-107-92(113)67-89(99(107)119)134-101(11-2,12-3)40-37-75-30-26-22-20-18-16-14-15-17-19-21-23-27-31-75/h33-36,63-66,68-70,72,74-75,79,84,89,93,98,118H,10-32,37-62,67,71H2,1-9H3,(H,102,111)(H,104,115)(H,105,114)(H,106,112)/t74-,79-,84-,89?,93-,98-/m0/s1. The van der Waals surface area contributed by atoms with Crippen LogP contribution in [0.1, 0.15) is 267 Å². The molecule has 5 aliphatic heterocycles. The molecule has 1 aliphatic carbocycles. The number of carbonyl (C=O) groups is 9. The van der Waals surface area contributed by atoms with Crippen LogP contribution in [0.4, 0.5) is 21.9 Å². The predicted molar refractivity (Wildman–Crippen MR) is 514 cm³/mol. The van der Waals surface area contributed by atoms with E-state index in [-0.39, 0.29) is 122 Å². The highest BCUT2D eigenvalue weighted by Crippen LogP contribution is 2.47. The van der Waals surface area contributed by atoms with Crippen LogP contribution in [0, 0.1) is 11.8 Å². The van der Waals surface area contributed by atoms with Crippen LogP contribution in [0.3, 0.4) is 0 Å². The topological polar surface area (TPSA) is 367 Å². The van der Waals surface area contributed by atoms with E-state index in [0.29, 0.717) is 159 Å². The van der Waals surface area contributed by atoms with Gasteiger partial charge in [-0.25, -0.2) is 9.69 Å². The number of thioether (sulfide) groups is 1. The number of fused-ring (bicyclic) bond motifs is 4. The Labute approximate surface area is 797 Å². The van der Waals surface area contributed by atoms with Crippen LogP contribution < -0.4 is 45.1 Å². The van der Waals surface area contributed by atoms with E-state index in [2.05, 4.69) is 42.0 Å². The van der Waals surface area contributed by atoms with Gasteiger partial charge in [0.05, 0.1) is 173 Å². The Bertz CT molecular complexity index is 4230. The fourth-order valence-electron chi connectivity index (χ4n) is 17.4. The number of benzene rings is 3. The fourth-order valence-corrected chi connectivity index (χ4v) is 19.0. The van der Waals surface area contributed by atoms with Gasteiger partial charge in [-0.2, -0.15) is 0 Å². The summed E-state index contributed by atoms with van der Waals surface area (Å²) in [6.45, 7) is 19.7. The molecule has 134 heavy (non-hydrogen) atoms. The molecule has 0 radical (unpaired) electrons. The molecule has 1 saturated heterocycles. The quantitative estimate of drug-likeness (QED) is 0.0259. The highest BCUT2D eigenvalue weighted by atomic mass is 32.2. The van der Waals surface area contributed by atoms with Gasteiger partial charge in [-0.3, -0.25) is 48.2 Å². The molecule has 1 unspecified atom stereocenters. The molecule has 2 fully saturated rings. The van der Waals surface area contributed by atoms with Crippen molar-refractivity contribution in [2.24, 2.45) is 16.8 Å². The number of carbonyl (C=O) groups excluding carboxylic acids is 9. The molecule has 6 atom stereocenters. The van der Waals surface area contributed by atoms with Gasteiger partial charge in [0.2, 0.25) is 35.4 Å². The van der Waals surface area contributed by atoms with E-state index in [1.54, 1.807) is 73.1 Å². The number of aliphatic hydroxyl groups excluding tert-OH is 1. The molecule has 746 valence electrons. The van der Waals surface area contributed by atoms with Crippen LogP contribution in [0.2, 0.25) is 0 Å². The van der Waals surface area contributed by atoms with E-state index in [0.717, 1.165) is 67.8 Å². The van der Waals surface area contributed by atoms with Gasteiger partial charge >= 0.3 is 6.09 Å². The summed E-state index contributed by atoms with van der Waals surface area (Å²) in [4.78, 5) is 132. The molecule has 9 amide bonds. The summed E-state index contributed by atoms with van der Waals surface area (Å²) in [6, 6.07) is 10.0. The Morgan fingerprint density at radius 3 is 1.67 bits per heavy atom. The summed E-state index contributed by atoms with van der Waals surface area (Å²) < 4.78 is 74.5. The lowest BCUT2D eigenvalue weighted by molar-refractivity contribution is -0.138. The van der Waals surface area contributed by atoms with Gasteiger partial charge in [-0.15, -0.1) is 11.8 Å². The van der Waals surface area contributed by atoms with Gasteiger partial charge in [0, 0.05) is 73.5 Å². The normalized spacial score (nSPS) is 18.4. The second-order valence-corrected chi connectivity index (χ2v) is 37.5. The average Bonchev–Trinajstić information content (AvgIpc) is 1.60. The first-order valence-corrected chi connectivity index (χ1v) is 50.3. The molecular formula is C101H153N9O23S. The van der Waals surface area contributed by atoms with Crippen LogP contribution in [0.15, 0.2) is 77.1 Å². The SMILES string of the molecule is CCCCCC1=CN2C(=O)c3cc(OC)c(OCCCCCOc4cc5c(cc4OC)C(=O)N4C=C(C)C[C@H]4[C@H](O)N5C(=O)OCc4ccc(NC(=O)[C@H](C)NC(=O)[C@@H](NC(=O)CCOCCOCCOCCOCCOCCOCCOCCOCCNC(=O)CCN5C(=O)CC(SC(CC)(CC)CCC6CCCCCCCCCCCCCC6)C5=O)C(C)C)cc4)cc3N=C[C@@H]2C1. The third kappa shape index (κ3) is 35.7. The van der Waals surface area contributed by atoms with Gasteiger partial charge in [-0.1, -0.05) is 161 Å². The third-order valence-corrected chi connectivity index (χ3v) is 27.4.